The maximum Gasteiger partial charge on any atom is 0.252 e. The van der Waals surface area contributed by atoms with Crippen molar-refractivity contribution in [1.29, 1.82) is 5.41 Å². The number of nitrogen functional groups attached to an aromatic ring is 1. The summed E-state index contributed by atoms with van der Waals surface area (Å²) in [6.45, 7) is 1.09. The Labute approximate surface area is 162 Å². The average Bonchev–Trinajstić information content (AvgIpc) is 3.38. The molecule has 0 saturated heterocycles. The Morgan fingerprint density at radius 2 is 2.04 bits per heavy atom. The number of pyridine rings is 1. The van der Waals surface area contributed by atoms with Crippen LogP contribution in [0.4, 0.5) is 0 Å². The lowest BCUT2D eigenvalue weighted by molar-refractivity contribution is 0.0951. The molecule has 7 nitrogen and oxygen atoms in total. The minimum absolute atomic E-state index is 0.0395. The van der Waals surface area contributed by atoms with Gasteiger partial charge in [0, 0.05) is 42.2 Å². The van der Waals surface area contributed by atoms with E-state index in [1.807, 2.05) is 47.3 Å². The summed E-state index contributed by atoms with van der Waals surface area (Å²) in [5.74, 6) is 1.65. The number of carbonyl (C=O) groups is 1. The van der Waals surface area contributed by atoms with E-state index in [4.69, 9.17) is 15.9 Å². The molecule has 1 aromatic carbocycles. The lowest BCUT2D eigenvalue weighted by Crippen LogP contribution is -2.26. The summed E-state index contributed by atoms with van der Waals surface area (Å²) < 4.78 is 7.58. The molecule has 1 aliphatic heterocycles. The Morgan fingerprint density at radius 1 is 1.25 bits per heavy atom. The van der Waals surface area contributed by atoms with Crippen LogP contribution in [0.15, 0.2) is 61.1 Å². The number of nitrogens with one attached hydrogen (secondary N) is 2. The molecule has 4 N–H and O–H groups in total. The van der Waals surface area contributed by atoms with Crippen LogP contribution in [0, 0.1) is 5.41 Å². The Bertz CT molecular complexity index is 996. The molecule has 1 atom stereocenters. The highest BCUT2D eigenvalue weighted by Crippen LogP contribution is 2.36. The van der Waals surface area contributed by atoms with Crippen molar-refractivity contribution in [2.24, 2.45) is 5.73 Å². The molecule has 0 spiro atoms. The molecule has 0 aliphatic carbocycles. The summed E-state index contributed by atoms with van der Waals surface area (Å²) in [5, 5.41) is 10.5. The summed E-state index contributed by atoms with van der Waals surface area (Å²) in [5.41, 5.74) is 7.83. The summed E-state index contributed by atoms with van der Waals surface area (Å²) in [4.78, 5) is 16.7. The number of ether oxygens (including phenoxy) is 1. The van der Waals surface area contributed by atoms with Crippen LogP contribution in [0.1, 0.15) is 33.8 Å². The van der Waals surface area contributed by atoms with Gasteiger partial charge in [-0.15, -0.1) is 0 Å². The molecule has 3 heterocycles. The van der Waals surface area contributed by atoms with Crippen molar-refractivity contribution in [2.75, 3.05) is 13.2 Å². The van der Waals surface area contributed by atoms with E-state index in [2.05, 4.69) is 10.3 Å². The number of rotatable bonds is 6. The van der Waals surface area contributed by atoms with E-state index in [1.54, 1.807) is 18.3 Å². The summed E-state index contributed by atoms with van der Waals surface area (Å²) in [7, 11) is 0. The van der Waals surface area contributed by atoms with Gasteiger partial charge in [0.2, 0.25) is 0 Å². The number of fused-ring (bicyclic) bond motifs is 1. The number of nitrogens with two attached hydrogens (primary N) is 1. The van der Waals surface area contributed by atoms with Gasteiger partial charge in [-0.2, -0.15) is 0 Å². The molecule has 1 aliphatic rings. The van der Waals surface area contributed by atoms with E-state index in [0.717, 1.165) is 23.6 Å². The van der Waals surface area contributed by atoms with E-state index in [-0.39, 0.29) is 17.7 Å². The van der Waals surface area contributed by atoms with Gasteiger partial charge in [-0.3, -0.25) is 10.2 Å². The fourth-order valence-corrected chi connectivity index (χ4v) is 3.31. The monoisotopic (exact) mass is 375 g/mol. The predicted octanol–water partition coefficient (Wildman–Crippen LogP) is 2.45. The van der Waals surface area contributed by atoms with Gasteiger partial charge in [-0.1, -0.05) is 0 Å². The van der Waals surface area contributed by atoms with E-state index in [9.17, 15) is 4.79 Å². The third kappa shape index (κ3) is 3.59. The quantitative estimate of drug-likeness (QED) is 0.454. The second kappa shape index (κ2) is 7.56. The zero-order chi connectivity index (χ0) is 19.5. The van der Waals surface area contributed by atoms with Crippen molar-refractivity contribution in [3.63, 3.8) is 0 Å². The third-order valence-corrected chi connectivity index (χ3v) is 4.86. The Morgan fingerprint density at radius 3 is 2.75 bits per heavy atom. The molecule has 7 heteroatoms. The molecule has 0 saturated carbocycles. The molecule has 4 rings (SSSR count). The van der Waals surface area contributed by atoms with Gasteiger partial charge in [-0.25, -0.2) is 4.98 Å². The maximum absolute atomic E-state index is 12.4. The second-order valence-electron chi connectivity index (χ2n) is 6.71. The zero-order valence-electron chi connectivity index (χ0n) is 15.3. The molecule has 1 amide bonds. The largest absolute Gasteiger partial charge is 0.493 e. The number of hydrogen-bond acceptors (Lipinski definition) is 4. The summed E-state index contributed by atoms with van der Waals surface area (Å²) >= 11 is 0. The van der Waals surface area contributed by atoms with Crippen molar-refractivity contribution in [2.45, 2.75) is 12.3 Å². The summed E-state index contributed by atoms with van der Waals surface area (Å²) in [6.07, 6.45) is 6.13. The standard InChI is InChI=1S/C21H21N5O2/c22-20(23)14-3-5-18-17(11-14)16(13-28-18)7-8-24-21(27)15-4-6-19(25-12-15)26-9-1-2-10-26/h1-6,9-12,16H,7-8,13H2,(H3,22,23)(H,24,27). The predicted molar refractivity (Wildman–Crippen MR) is 106 cm³/mol. The van der Waals surface area contributed by atoms with E-state index in [1.165, 1.54) is 0 Å². The van der Waals surface area contributed by atoms with Gasteiger partial charge in [-0.05, 0) is 48.9 Å². The number of hydrogen-bond donors (Lipinski definition) is 3. The van der Waals surface area contributed by atoms with Crippen molar-refractivity contribution in [3.05, 3.63) is 77.7 Å². The molecule has 3 aromatic rings. The van der Waals surface area contributed by atoms with Gasteiger partial charge < -0.3 is 20.4 Å². The minimum atomic E-state index is -0.150. The highest BCUT2D eigenvalue weighted by Gasteiger charge is 2.24. The molecule has 28 heavy (non-hydrogen) atoms. The molecular weight excluding hydrogens is 354 g/mol. The van der Waals surface area contributed by atoms with Crippen molar-refractivity contribution < 1.29 is 9.53 Å². The SMILES string of the molecule is N=C(N)c1ccc2c(c1)C(CCNC(=O)c1ccc(-n3cccc3)nc1)CO2. The Balaban J connectivity index is 1.34. The van der Waals surface area contributed by atoms with Crippen molar-refractivity contribution >= 4 is 11.7 Å². The lowest BCUT2D eigenvalue weighted by atomic mass is 9.96. The van der Waals surface area contributed by atoms with Gasteiger partial charge in [0.15, 0.2) is 0 Å². The third-order valence-electron chi connectivity index (χ3n) is 4.86. The first-order valence-electron chi connectivity index (χ1n) is 9.10. The number of carbonyl (C=O) groups excluding carboxylic acids is 1. The van der Waals surface area contributed by atoms with E-state index >= 15 is 0 Å². The van der Waals surface area contributed by atoms with Crippen LogP contribution in [0.5, 0.6) is 5.75 Å². The topological polar surface area (TPSA) is 106 Å². The fraction of sp³-hybridized carbons (Fsp3) is 0.190. The first-order chi connectivity index (χ1) is 13.6. The number of amidine groups is 1. The van der Waals surface area contributed by atoms with E-state index < -0.39 is 0 Å². The smallest absolute Gasteiger partial charge is 0.252 e. The van der Waals surface area contributed by atoms with Crippen molar-refractivity contribution in [1.82, 2.24) is 14.9 Å². The molecule has 0 radical (unpaired) electrons. The number of nitrogens with zero attached hydrogens (tertiary/aromatic N) is 2. The van der Waals surface area contributed by atoms with Gasteiger partial charge in [0.05, 0.1) is 12.2 Å². The van der Waals surface area contributed by atoms with Crippen LogP contribution in [-0.2, 0) is 0 Å². The van der Waals surface area contributed by atoms with Gasteiger partial charge in [0.1, 0.15) is 17.4 Å². The number of amides is 1. The average molecular weight is 375 g/mol. The van der Waals surface area contributed by atoms with Crippen LogP contribution in [-0.4, -0.2) is 34.4 Å². The van der Waals surface area contributed by atoms with Crippen LogP contribution in [0.2, 0.25) is 0 Å². The Hall–Kier alpha value is -3.61. The fourth-order valence-electron chi connectivity index (χ4n) is 3.31. The molecule has 0 bridgehead atoms. The minimum Gasteiger partial charge on any atom is -0.493 e. The van der Waals surface area contributed by atoms with Crippen LogP contribution >= 0.6 is 0 Å². The summed E-state index contributed by atoms with van der Waals surface area (Å²) in [6, 6.07) is 13.0. The molecule has 142 valence electrons. The van der Waals surface area contributed by atoms with Crippen LogP contribution in [0.3, 0.4) is 0 Å². The normalized spacial score (nSPS) is 14.9. The maximum atomic E-state index is 12.4. The molecule has 1 unspecified atom stereocenters. The highest BCUT2D eigenvalue weighted by atomic mass is 16.5. The molecular formula is C21H21N5O2. The van der Waals surface area contributed by atoms with E-state index in [0.29, 0.717) is 24.3 Å². The lowest BCUT2D eigenvalue weighted by Gasteiger charge is -2.11. The van der Waals surface area contributed by atoms with Crippen LogP contribution < -0.4 is 15.8 Å². The van der Waals surface area contributed by atoms with Gasteiger partial charge in [0.25, 0.3) is 5.91 Å². The van der Waals surface area contributed by atoms with Crippen molar-refractivity contribution in [3.8, 4) is 11.6 Å². The first-order valence-corrected chi connectivity index (χ1v) is 9.10. The number of aromatic nitrogens is 2. The molecule has 2 aromatic heterocycles. The highest BCUT2D eigenvalue weighted by molar-refractivity contribution is 5.95. The van der Waals surface area contributed by atoms with Crippen LogP contribution in [0.25, 0.3) is 5.82 Å². The Kier molecular flexibility index (Phi) is 4.80. The van der Waals surface area contributed by atoms with Gasteiger partial charge >= 0.3 is 0 Å². The first kappa shape index (κ1) is 17.8. The second-order valence-corrected chi connectivity index (χ2v) is 6.71. The number of benzene rings is 1. The molecule has 0 fully saturated rings. The zero-order valence-corrected chi connectivity index (χ0v) is 15.3.